The molecule has 2 rings (SSSR count). The minimum absolute atomic E-state index is 0.356. The Hall–Kier alpha value is -3.04. The molecule has 10 heteroatoms. The number of hydrogen-bond acceptors (Lipinski definition) is 5. The van der Waals surface area contributed by atoms with Crippen LogP contribution in [-0.2, 0) is 11.3 Å². The monoisotopic (exact) mass is 855 g/mol. The number of rotatable bonds is 39. The molecule has 0 fully saturated rings. The van der Waals surface area contributed by atoms with Gasteiger partial charge in [0, 0.05) is 0 Å². The number of halogens is 5. The van der Waals surface area contributed by atoms with Crippen LogP contribution in [0.25, 0.3) is 0 Å². The van der Waals surface area contributed by atoms with Gasteiger partial charge in [0.1, 0.15) is 12.2 Å². The minimum Gasteiger partial charge on any atom is -0.490 e. The predicted octanol–water partition coefficient (Wildman–Crippen LogP) is 16.6. The molecule has 2 aromatic rings. The van der Waals surface area contributed by atoms with E-state index in [1.807, 2.05) is 0 Å². The zero-order valence-electron chi connectivity index (χ0n) is 37.6. The van der Waals surface area contributed by atoms with Gasteiger partial charge in [0.25, 0.3) is 0 Å². The smallest absolute Gasteiger partial charge is 0.344 e. The molecule has 0 heterocycles. The molecular formula is C50H79F5O5. The number of benzene rings is 2. The van der Waals surface area contributed by atoms with Crippen molar-refractivity contribution in [2.24, 2.45) is 0 Å². The van der Waals surface area contributed by atoms with E-state index in [4.69, 9.17) is 18.9 Å². The summed E-state index contributed by atoms with van der Waals surface area (Å²) in [5.74, 6) is -11.7. The number of carbonyl (C=O) groups excluding carboxylic acids is 1. The zero-order valence-corrected chi connectivity index (χ0v) is 37.6. The summed E-state index contributed by atoms with van der Waals surface area (Å²) in [6, 6.07) is 3.26. The zero-order chi connectivity index (χ0) is 43.6. The molecule has 5 nitrogen and oxygen atoms in total. The highest BCUT2D eigenvalue weighted by Gasteiger charge is 2.31. The van der Waals surface area contributed by atoms with Crippen molar-refractivity contribution in [2.45, 2.75) is 220 Å². The Morgan fingerprint density at radius 1 is 0.400 bits per heavy atom. The molecule has 2 aromatic carbocycles. The van der Waals surface area contributed by atoms with Crippen molar-refractivity contribution < 1.29 is 45.7 Å². The van der Waals surface area contributed by atoms with Crippen molar-refractivity contribution in [1.82, 2.24) is 0 Å². The molecule has 0 unspecified atom stereocenters. The summed E-state index contributed by atoms with van der Waals surface area (Å²) in [5, 5.41) is 0. The molecule has 0 atom stereocenters. The first-order valence-corrected chi connectivity index (χ1v) is 24.0. The molecule has 0 saturated heterocycles. The summed E-state index contributed by atoms with van der Waals surface area (Å²) in [6.45, 7) is 7.43. The highest BCUT2D eigenvalue weighted by molar-refractivity contribution is 5.90. The predicted molar refractivity (Wildman–Crippen MR) is 234 cm³/mol. The van der Waals surface area contributed by atoms with Crippen molar-refractivity contribution in [2.75, 3.05) is 19.8 Å². The minimum atomic E-state index is -2.34. The molecule has 0 bridgehead atoms. The molecule has 0 N–H and O–H groups in total. The third-order valence-corrected chi connectivity index (χ3v) is 11.1. The molecule has 344 valence electrons. The maximum absolute atomic E-state index is 14.4. The largest absolute Gasteiger partial charge is 0.490 e. The van der Waals surface area contributed by atoms with E-state index in [0.29, 0.717) is 42.6 Å². The maximum Gasteiger partial charge on any atom is 0.344 e. The van der Waals surface area contributed by atoms with Crippen LogP contribution in [0, 0.1) is 29.1 Å². The first-order chi connectivity index (χ1) is 29.3. The lowest BCUT2D eigenvalue weighted by molar-refractivity contribution is 0.0457. The van der Waals surface area contributed by atoms with Gasteiger partial charge < -0.3 is 18.9 Å². The number of carbonyl (C=O) groups is 1. The lowest BCUT2D eigenvalue weighted by atomic mass is 10.1. The Balaban J connectivity index is 2.16. The van der Waals surface area contributed by atoms with Crippen molar-refractivity contribution >= 4 is 5.97 Å². The van der Waals surface area contributed by atoms with Crippen LogP contribution in [0.15, 0.2) is 12.1 Å². The van der Waals surface area contributed by atoms with Crippen molar-refractivity contribution in [3.05, 3.63) is 52.3 Å². The Kier molecular flexibility index (Phi) is 30.6. The van der Waals surface area contributed by atoms with Gasteiger partial charge in [0.05, 0.1) is 19.8 Å². The van der Waals surface area contributed by atoms with Crippen LogP contribution in [0.5, 0.6) is 17.2 Å². The average Bonchev–Trinajstić information content (AvgIpc) is 3.25. The SMILES string of the molecule is CCCCCCCCCCCCOc1cc(COC(=O)c2c(F)c(F)c(F)c(F)c2F)cc(OCCCCCCCCCCCC)c1OCCCCCCCCCCCC. The van der Waals surface area contributed by atoms with Crippen LogP contribution in [-0.4, -0.2) is 25.8 Å². The number of esters is 1. The van der Waals surface area contributed by atoms with Crippen LogP contribution in [0.4, 0.5) is 22.0 Å². The standard InChI is InChI=1S/C50H79F5O5/c1-4-7-10-13-16-19-22-25-28-31-34-57-41-37-40(39-60-50(56)43-44(51)46(53)48(55)47(54)45(43)52)38-42(58-35-32-29-26-23-20-17-14-11-8-5-2)49(41)59-36-33-30-27-24-21-18-15-12-9-6-3/h37-38H,4-36,39H2,1-3H3. The van der Waals surface area contributed by atoms with E-state index in [1.165, 1.54) is 135 Å². The fourth-order valence-corrected chi connectivity index (χ4v) is 7.38. The van der Waals surface area contributed by atoms with E-state index in [9.17, 15) is 26.7 Å². The maximum atomic E-state index is 14.4. The Labute approximate surface area is 360 Å². The van der Waals surface area contributed by atoms with Gasteiger partial charge in [-0.3, -0.25) is 0 Å². The molecule has 0 aliphatic carbocycles. The summed E-state index contributed by atoms with van der Waals surface area (Å²) in [4.78, 5) is 12.8. The summed E-state index contributed by atoms with van der Waals surface area (Å²) in [7, 11) is 0. The van der Waals surface area contributed by atoms with E-state index in [-0.39, 0.29) is 0 Å². The molecule has 0 aliphatic rings. The lowest BCUT2D eigenvalue weighted by Gasteiger charge is -2.19. The molecule has 0 amide bonds. The third kappa shape index (κ3) is 22.2. The van der Waals surface area contributed by atoms with Gasteiger partial charge in [0.15, 0.2) is 34.8 Å². The fourth-order valence-electron chi connectivity index (χ4n) is 7.38. The van der Waals surface area contributed by atoms with Gasteiger partial charge in [-0.25, -0.2) is 26.7 Å². The number of ether oxygens (including phenoxy) is 4. The molecule has 0 aliphatic heterocycles. The molecule has 0 spiro atoms. The van der Waals surface area contributed by atoms with Crippen LogP contribution < -0.4 is 14.2 Å². The van der Waals surface area contributed by atoms with E-state index in [1.54, 1.807) is 12.1 Å². The number of unbranched alkanes of at least 4 members (excludes halogenated alkanes) is 27. The van der Waals surface area contributed by atoms with E-state index < -0.39 is 47.2 Å². The van der Waals surface area contributed by atoms with E-state index in [2.05, 4.69) is 20.8 Å². The first kappa shape index (κ1) is 53.1. The second kappa shape index (κ2) is 34.5. The van der Waals surface area contributed by atoms with Crippen molar-refractivity contribution in [3.63, 3.8) is 0 Å². The topological polar surface area (TPSA) is 54.0 Å². The first-order valence-electron chi connectivity index (χ1n) is 24.0. The quantitative estimate of drug-likeness (QED) is 0.0220. The second-order valence-corrected chi connectivity index (χ2v) is 16.5. The van der Waals surface area contributed by atoms with E-state index >= 15 is 0 Å². The van der Waals surface area contributed by atoms with Crippen LogP contribution in [0.3, 0.4) is 0 Å². The van der Waals surface area contributed by atoms with Gasteiger partial charge in [0.2, 0.25) is 11.6 Å². The van der Waals surface area contributed by atoms with Gasteiger partial charge >= 0.3 is 5.97 Å². The molecule has 60 heavy (non-hydrogen) atoms. The second-order valence-electron chi connectivity index (χ2n) is 16.5. The highest BCUT2D eigenvalue weighted by atomic mass is 19.2. The Morgan fingerprint density at radius 2 is 0.683 bits per heavy atom. The van der Waals surface area contributed by atoms with Gasteiger partial charge in [-0.2, -0.15) is 0 Å². The third-order valence-electron chi connectivity index (χ3n) is 11.1. The van der Waals surface area contributed by atoms with Crippen molar-refractivity contribution in [1.29, 1.82) is 0 Å². The summed E-state index contributed by atoms with van der Waals surface area (Å²) >= 11 is 0. The molecule has 0 radical (unpaired) electrons. The molecule has 0 aromatic heterocycles. The van der Waals surface area contributed by atoms with Crippen molar-refractivity contribution in [3.8, 4) is 17.2 Å². The summed E-state index contributed by atoms with van der Waals surface area (Å²) < 4.78 is 94.5. The van der Waals surface area contributed by atoms with Crippen LogP contribution >= 0.6 is 0 Å². The summed E-state index contributed by atoms with van der Waals surface area (Å²) in [5.41, 5.74) is -1.28. The summed E-state index contributed by atoms with van der Waals surface area (Å²) in [6.07, 6.45) is 35.4. The Bertz CT molecular complexity index is 1340. The van der Waals surface area contributed by atoms with Gasteiger partial charge in [-0.05, 0) is 37.0 Å². The fraction of sp³-hybridized carbons (Fsp3) is 0.740. The normalized spacial score (nSPS) is 11.3. The van der Waals surface area contributed by atoms with Crippen LogP contribution in [0.1, 0.15) is 229 Å². The van der Waals surface area contributed by atoms with Crippen LogP contribution in [0.2, 0.25) is 0 Å². The highest BCUT2D eigenvalue weighted by Crippen LogP contribution is 2.40. The lowest BCUT2D eigenvalue weighted by Crippen LogP contribution is -2.15. The number of hydrogen-bond donors (Lipinski definition) is 0. The van der Waals surface area contributed by atoms with Gasteiger partial charge in [-0.15, -0.1) is 0 Å². The molecular weight excluding hydrogens is 776 g/mol. The Morgan fingerprint density at radius 3 is 1.02 bits per heavy atom. The average molecular weight is 855 g/mol. The van der Waals surface area contributed by atoms with Gasteiger partial charge in [-0.1, -0.05) is 194 Å². The van der Waals surface area contributed by atoms with E-state index in [0.717, 1.165) is 57.8 Å². The molecule has 0 saturated carbocycles.